The molecule has 1 aliphatic rings. The zero-order valence-corrected chi connectivity index (χ0v) is 10.2. The molecule has 1 aromatic carbocycles. The van der Waals surface area contributed by atoms with Crippen molar-refractivity contribution in [2.45, 2.75) is 39.0 Å². The van der Waals surface area contributed by atoms with Crippen LogP contribution in [0.1, 0.15) is 30.5 Å². The number of nitrogens with two attached hydrogens (primary N) is 1. The quantitative estimate of drug-likeness (QED) is 0.849. The number of methoxy groups -OCH3 is 1. The van der Waals surface area contributed by atoms with Gasteiger partial charge in [0.25, 0.3) is 0 Å². The van der Waals surface area contributed by atoms with E-state index in [2.05, 4.69) is 12.1 Å². The van der Waals surface area contributed by atoms with E-state index in [9.17, 15) is 0 Å². The second-order valence-corrected chi connectivity index (χ2v) is 5.09. The van der Waals surface area contributed by atoms with Gasteiger partial charge < -0.3 is 15.2 Å². The summed E-state index contributed by atoms with van der Waals surface area (Å²) in [7, 11) is 1.70. The minimum atomic E-state index is -0.221. The second-order valence-electron chi connectivity index (χ2n) is 5.09. The molecule has 0 spiro atoms. The van der Waals surface area contributed by atoms with Gasteiger partial charge in [0, 0.05) is 5.54 Å². The molecule has 88 valence electrons. The van der Waals surface area contributed by atoms with Crippen LogP contribution in [0.4, 0.5) is 0 Å². The number of fused-ring (bicyclic) bond motifs is 1. The van der Waals surface area contributed by atoms with Crippen molar-refractivity contribution in [2.24, 2.45) is 5.73 Å². The highest BCUT2D eigenvalue weighted by Gasteiger charge is 2.19. The van der Waals surface area contributed by atoms with Crippen LogP contribution < -0.4 is 10.5 Å². The van der Waals surface area contributed by atoms with Gasteiger partial charge in [0.15, 0.2) is 0 Å². The summed E-state index contributed by atoms with van der Waals surface area (Å²) in [5.74, 6) is 0.919. The molecule has 1 aromatic rings. The third-order valence-electron chi connectivity index (χ3n) is 2.76. The van der Waals surface area contributed by atoms with E-state index in [1.807, 2.05) is 13.8 Å². The summed E-state index contributed by atoms with van der Waals surface area (Å²) < 4.78 is 10.8. The fourth-order valence-corrected chi connectivity index (χ4v) is 2.08. The van der Waals surface area contributed by atoms with Gasteiger partial charge in [0.05, 0.1) is 20.3 Å². The summed E-state index contributed by atoms with van der Waals surface area (Å²) >= 11 is 0. The number of hydrogen-bond donors (Lipinski definition) is 1. The van der Waals surface area contributed by atoms with Crippen molar-refractivity contribution in [2.75, 3.05) is 7.11 Å². The van der Waals surface area contributed by atoms with Gasteiger partial charge >= 0.3 is 0 Å². The largest absolute Gasteiger partial charge is 0.496 e. The lowest BCUT2D eigenvalue weighted by Gasteiger charge is -2.20. The van der Waals surface area contributed by atoms with E-state index in [4.69, 9.17) is 15.2 Å². The molecule has 16 heavy (non-hydrogen) atoms. The van der Waals surface area contributed by atoms with E-state index < -0.39 is 0 Å². The Hall–Kier alpha value is -1.06. The molecule has 0 saturated heterocycles. The van der Waals surface area contributed by atoms with Gasteiger partial charge in [-0.15, -0.1) is 0 Å². The number of rotatable bonds is 3. The summed E-state index contributed by atoms with van der Waals surface area (Å²) in [6.07, 6.45) is 0.809. The van der Waals surface area contributed by atoms with Gasteiger partial charge in [-0.25, -0.2) is 0 Å². The van der Waals surface area contributed by atoms with Crippen molar-refractivity contribution in [3.8, 4) is 5.75 Å². The Bertz CT molecular complexity index is 394. The van der Waals surface area contributed by atoms with Crippen molar-refractivity contribution in [1.29, 1.82) is 0 Å². The minimum absolute atomic E-state index is 0.221. The molecule has 0 bridgehead atoms. The first kappa shape index (κ1) is 11.4. The Morgan fingerprint density at radius 3 is 2.50 bits per heavy atom. The second kappa shape index (κ2) is 4.07. The molecule has 0 atom stereocenters. The molecule has 2 N–H and O–H groups in total. The first-order chi connectivity index (χ1) is 7.49. The molecule has 1 heterocycles. The van der Waals surface area contributed by atoms with Crippen LogP contribution in [0.15, 0.2) is 12.1 Å². The van der Waals surface area contributed by atoms with Gasteiger partial charge in [-0.3, -0.25) is 0 Å². The molecule has 0 radical (unpaired) electrons. The van der Waals surface area contributed by atoms with Crippen molar-refractivity contribution in [3.63, 3.8) is 0 Å². The zero-order valence-electron chi connectivity index (χ0n) is 10.2. The molecule has 0 unspecified atom stereocenters. The van der Waals surface area contributed by atoms with Gasteiger partial charge in [-0.1, -0.05) is 0 Å². The Morgan fingerprint density at radius 2 is 1.94 bits per heavy atom. The highest BCUT2D eigenvalue weighted by molar-refractivity contribution is 5.44. The SMILES string of the molecule is COc1cc2c(cc1CC(C)(C)N)COC2. The van der Waals surface area contributed by atoms with Crippen molar-refractivity contribution < 1.29 is 9.47 Å². The fraction of sp³-hybridized carbons (Fsp3) is 0.538. The van der Waals surface area contributed by atoms with E-state index >= 15 is 0 Å². The van der Waals surface area contributed by atoms with Crippen LogP contribution in [0.25, 0.3) is 0 Å². The van der Waals surface area contributed by atoms with Crippen LogP contribution in [0.3, 0.4) is 0 Å². The fourth-order valence-electron chi connectivity index (χ4n) is 2.08. The number of hydrogen-bond acceptors (Lipinski definition) is 3. The van der Waals surface area contributed by atoms with Gasteiger partial charge in [0.2, 0.25) is 0 Å². The van der Waals surface area contributed by atoms with E-state index in [0.29, 0.717) is 13.2 Å². The topological polar surface area (TPSA) is 44.5 Å². The first-order valence-electron chi connectivity index (χ1n) is 5.55. The lowest BCUT2D eigenvalue weighted by atomic mass is 9.93. The number of ether oxygens (including phenoxy) is 2. The molecule has 0 aromatic heterocycles. The summed E-state index contributed by atoms with van der Waals surface area (Å²) in [4.78, 5) is 0. The smallest absolute Gasteiger partial charge is 0.122 e. The molecule has 3 nitrogen and oxygen atoms in total. The maximum absolute atomic E-state index is 6.05. The van der Waals surface area contributed by atoms with Crippen LogP contribution in [0.2, 0.25) is 0 Å². The van der Waals surface area contributed by atoms with Crippen LogP contribution in [-0.2, 0) is 24.4 Å². The van der Waals surface area contributed by atoms with Crippen molar-refractivity contribution in [1.82, 2.24) is 0 Å². The molecule has 2 rings (SSSR count). The minimum Gasteiger partial charge on any atom is -0.496 e. The predicted molar refractivity (Wildman–Crippen MR) is 63.5 cm³/mol. The summed E-state index contributed by atoms with van der Waals surface area (Å²) in [6, 6.07) is 4.24. The molecule has 0 aliphatic carbocycles. The van der Waals surface area contributed by atoms with Crippen LogP contribution in [-0.4, -0.2) is 12.6 Å². The highest BCUT2D eigenvalue weighted by Crippen LogP contribution is 2.30. The van der Waals surface area contributed by atoms with E-state index in [1.165, 1.54) is 16.7 Å². The van der Waals surface area contributed by atoms with Crippen molar-refractivity contribution >= 4 is 0 Å². The summed E-state index contributed by atoms with van der Waals surface area (Å²) in [5, 5.41) is 0. The monoisotopic (exact) mass is 221 g/mol. The van der Waals surface area contributed by atoms with E-state index in [0.717, 1.165) is 12.2 Å². The molecule has 0 saturated carbocycles. The predicted octanol–water partition coefficient (Wildman–Crippen LogP) is 2.01. The number of benzene rings is 1. The normalized spacial score (nSPS) is 15.0. The third-order valence-corrected chi connectivity index (χ3v) is 2.76. The Kier molecular flexibility index (Phi) is 2.91. The summed E-state index contributed by atoms with van der Waals surface area (Å²) in [5.41, 5.74) is 9.49. The Morgan fingerprint density at radius 1 is 1.31 bits per heavy atom. The maximum atomic E-state index is 6.05. The molecule has 1 aliphatic heterocycles. The lowest BCUT2D eigenvalue weighted by Crippen LogP contribution is -2.34. The highest BCUT2D eigenvalue weighted by atomic mass is 16.5. The molecule has 3 heteroatoms. The van der Waals surface area contributed by atoms with Crippen molar-refractivity contribution in [3.05, 3.63) is 28.8 Å². The molecule has 0 fully saturated rings. The summed E-state index contributed by atoms with van der Waals surface area (Å²) in [6.45, 7) is 5.45. The van der Waals surface area contributed by atoms with Crippen LogP contribution >= 0.6 is 0 Å². The van der Waals surface area contributed by atoms with E-state index in [-0.39, 0.29) is 5.54 Å². The van der Waals surface area contributed by atoms with Gasteiger partial charge in [-0.2, -0.15) is 0 Å². The van der Waals surface area contributed by atoms with Gasteiger partial charge in [-0.05, 0) is 49.1 Å². The third kappa shape index (κ3) is 2.36. The molecular weight excluding hydrogens is 202 g/mol. The zero-order chi connectivity index (χ0) is 11.8. The molecule has 0 amide bonds. The standard InChI is InChI=1S/C13H19NO2/c1-13(2,14)6-9-4-10-7-16-8-11(10)5-12(9)15-3/h4-5H,6-8,14H2,1-3H3. The maximum Gasteiger partial charge on any atom is 0.122 e. The van der Waals surface area contributed by atoms with Crippen LogP contribution in [0.5, 0.6) is 5.75 Å². The molecular formula is C13H19NO2. The Balaban J connectivity index is 2.36. The van der Waals surface area contributed by atoms with Crippen LogP contribution in [0, 0.1) is 0 Å². The average molecular weight is 221 g/mol. The first-order valence-corrected chi connectivity index (χ1v) is 5.55. The Labute approximate surface area is 96.5 Å². The lowest BCUT2D eigenvalue weighted by molar-refractivity contribution is 0.134. The average Bonchev–Trinajstić information content (AvgIpc) is 2.60. The van der Waals surface area contributed by atoms with Gasteiger partial charge in [0.1, 0.15) is 5.75 Å². The van der Waals surface area contributed by atoms with E-state index in [1.54, 1.807) is 7.11 Å².